The zero-order valence-corrected chi connectivity index (χ0v) is 18.1. The summed E-state index contributed by atoms with van der Waals surface area (Å²) in [6.07, 6.45) is 6.94. The zero-order chi connectivity index (χ0) is 22.7. The normalized spacial score (nSPS) is 24.6. The van der Waals surface area contributed by atoms with E-state index in [-0.39, 0.29) is 11.9 Å². The van der Waals surface area contributed by atoms with Crippen molar-refractivity contribution in [3.8, 4) is 0 Å². The summed E-state index contributed by atoms with van der Waals surface area (Å²) >= 11 is 0. The number of para-hydroxylation sites is 1. The predicted octanol–water partition coefficient (Wildman–Crippen LogP) is 2.61. The summed E-state index contributed by atoms with van der Waals surface area (Å²) < 4.78 is 37.4. The molecule has 0 radical (unpaired) electrons. The Morgan fingerprint density at radius 1 is 1.16 bits per heavy atom. The van der Waals surface area contributed by atoms with Crippen LogP contribution in [0, 0.1) is 5.92 Å². The summed E-state index contributed by atoms with van der Waals surface area (Å²) in [6, 6.07) is 14.1. The molecule has 3 aliphatic heterocycles. The zero-order valence-electron chi connectivity index (χ0n) is 17.3. The average Bonchev–Trinajstić information content (AvgIpc) is 3.20. The molecule has 3 aliphatic rings. The van der Waals surface area contributed by atoms with Crippen LogP contribution >= 0.6 is 0 Å². The van der Waals surface area contributed by atoms with Crippen LogP contribution in [0.25, 0.3) is 11.0 Å². The van der Waals surface area contributed by atoms with Crippen molar-refractivity contribution in [2.24, 2.45) is 5.92 Å². The number of nitrogens with zero attached hydrogens (tertiary/aromatic N) is 2. The Kier molecular flexibility index (Phi) is 6.56. The lowest BCUT2D eigenvalue weighted by atomic mass is 9.76. The lowest BCUT2D eigenvalue weighted by molar-refractivity contribution is 0.0131. The van der Waals surface area contributed by atoms with E-state index in [9.17, 15) is 4.79 Å². The molecule has 2 unspecified atom stereocenters. The van der Waals surface area contributed by atoms with Crippen LogP contribution in [0.5, 0.6) is 0 Å². The van der Waals surface area contributed by atoms with Crippen molar-refractivity contribution in [1.82, 2.24) is 15.2 Å². The van der Waals surface area contributed by atoms with Crippen LogP contribution in [0.3, 0.4) is 0 Å². The number of benzene rings is 1. The third-order valence-corrected chi connectivity index (χ3v) is 6.08. The molecule has 2 bridgehead atoms. The standard InChI is InChI=1S/C22H23N3O2.H2O4S/c26-22(20-13-17-5-1-2-6-19(17)27-20)24-21-16-7-10-25(11-8-16)18(21)12-15-4-3-9-23-14-15;1-5(2,3)4/h1-6,9,13-14,16,18,21H,7-8,10-12H2,(H,24,26);(H2,1,2,3,4). The summed E-state index contributed by atoms with van der Waals surface area (Å²) in [4.78, 5) is 19.7. The van der Waals surface area contributed by atoms with Gasteiger partial charge in [-0.1, -0.05) is 24.3 Å². The van der Waals surface area contributed by atoms with Crippen molar-refractivity contribution in [3.05, 3.63) is 66.2 Å². The Labute approximate surface area is 186 Å². The molecule has 32 heavy (non-hydrogen) atoms. The van der Waals surface area contributed by atoms with Gasteiger partial charge in [-0.3, -0.25) is 23.8 Å². The molecular formula is C22H25N3O6S. The molecule has 0 spiro atoms. The van der Waals surface area contributed by atoms with Gasteiger partial charge in [0.25, 0.3) is 5.91 Å². The van der Waals surface area contributed by atoms with Gasteiger partial charge in [-0.25, -0.2) is 0 Å². The molecule has 0 saturated carbocycles. The van der Waals surface area contributed by atoms with Gasteiger partial charge in [0, 0.05) is 29.9 Å². The van der Waals surface area contributed by atoms with Crippen LogP contribution in [0.1, 0.15) is 29.0 Å². The summed E-state index contributed by atoms with van der Waals surface area (Å²) in [5, 5.41) is 4.26. The fourth-order valence-corrected chi connectivity index (χ4v) is 4.70. The first-order valence-corrected chi connectivity index (χ1v) is 11.8. The average molecular weight is 460 g/mol. The van der Waals surface area contributed by atoms with Gasteiger partial charge in [0.1, 0.15) is 5.58 Å². The van der Waals surface area contributed by atoms with Crippen LogP contribution < -0.4 is 5.32 Å². The monoisotopic (exact) mass is 459 g/mol. The number of carbonyl (C=O) groups is 1. The van der Waals surface area contributed by atoms with E-state index >= 15 is 0 Å². The molecule has 3 saturated heterocycles. The minimum Gasteiger partial charge on any atom is -0.451 e. The van der Waals surface area contributed by atoms with Crippen molar-refractivity contribution >= 4 is 27.3 Å². The minimum absolute atomic E-state index is 0.110. The highest BCUT2D eigenvalue weighted by Crippen LogP contribution is 2.34. The van der Waals surface area contributed by atoms with E-state index in [2.05, 4.69) is 21.3 Å². The van der Waals surface area contributed by atoms with Crippen LogP contribution in [-0.2, 0) is 16.8 Å². The van der Waals surface area contributed by atoms with E-state index in [1.54, 1.807) is 6.20 Å². The van der Waals surface area contributed by atoms with Gasteiger partial charge in [0.05, 0.1) is 0 Å². The molecule has 2 atom stereocenters. The highest BCUT2D eigenvalue weighted by Gasteiger charge is 2.43. The van der Waals surface area contributed by atoms with Crippen molar-refractivity contribution in [1.29, 1.82) is 0 Å². The number of aromatic nitrogens is 1. The Balaban J connectivity index is 0.000000444. The van der Waals surface area contributed by atoms with Crippen molar-refractivity contribution < 1.29 is 26.7 Å². The highest BCUT2D eigenvalue weighted by atomic mass is 32.3. The maximum Gasteiger partial charge on any atom is 0.394 e. The maximum absolute atomic E-state index is 12.9. The maximum atomic E-state index is 12.9. The molecule has 0 aliphatic carbocycles. The van der Waals surface area contributed by atoms with Gasteiger partial charge < -0.3 is 9.73 Å². The SMILES string of the molecule is O=C(NC1C2CCN(CC2)C1Cc1cccnc1)c1cc2ccccc2o1.O=S(=O)(O)O. The number of hydrogen-bond donors (Lipinski definition) is 3. The van der Waals surface area contributed by atoms with Gasteiger partial charge in [-0.05, 0) is 62.0 Å². The Morgan fingerprint density at radius 2 is 1.88 bits per heavy atom. The molecule has 170 valence electrons. The molecule has 2 aromatic heterocycles. The fourth-order valence-electron chi connectivity index (χ4n) is 4.70. The quantitative estimate of drug-likeness (QED) is 0.507. The van der Waals surface area contributed by atoms with Gasteiger partial charge in [-0.2, -0.15) is 8.42 Å². The van der Waals surface area contributed by atoms with Crippen molar-refractivity contribution in [2.75, 3.05) is 13.1 Å². The van der Waals surface area contributed by atoms with Crippen LogP contribution in [-0.4, -0.2) is 58.5 Å². The summed E-state index contributed by atoms with van der Waals surface area (Å²) in [5.41, 5.74) is 1.97. The number of amides is 1. The topological polar surface area (TPSA) is 133 Å². The molecule has 5 heterocycles. The van der Waals surface area contributed by atoms with Crippen molar-refractivity contribution in [2.45, 2.75) is 31.3 Å². The Hall–Kier alpha value is -2.79. The molecule has 3 aromatic rings. The summed E-state index contributed by atoms with van der Waals surface area (Å²) in [6.45, 7) is 2.24. The van der Waals surface area contributed by atoms with E-state index in [4.69, 9.17) is 21.9 Å². The summed E-state index contributed by atoms with van der Waals surface area (Å²) in [5.74, 6) is 0.818. The number of carbonyl (C=O) groups excluding carboxylic acids is 1. The molecule has 9 nitrogen and oxygen atoms in total. The largest absolute Gasteiger partial charge is 0.451 e. The first kappa shape index (κ1) is 22.4. The molecule has 6 rings (SSSR count). The van der Waals surface area contributed by atoms with Gasteiger partial charge in [0.2, 0.25) is 0 Å². The number of furan rings is 1. The lowest BCUT2D eigenvalue weighted by Crippen LogP contribution is -2.64. The molecule has 1 aromatic carbocycles. The van der Waals surface area contributed by atoms with Gasteiger partial charge in [-0.15, -0.1) is 0 Å². The van der Waals surface area contributed by atoms with E-state index in [0.717, 1.165) is 43.3 Å². The van der Waals surface area contributed by atoms with E-state index in [1.165, 1.54) is 5.56 Å². The van der Waals surface area contributed by atoms with Crippen LogP contribution in [0.15, 0.2) is 59.3 Å². The second-order valence-corrected chi connectivity index (χ2v) is 9.00. The molecule has 3 N–H and O–H groups in total. The number of rotatable bonds is 4. The number of nitrogens with one attached hydrogen (secondary N) is 1. The number of fused-ring (bicyclic) bond motifs is 4. The fraction of sp³-hybridized carbons (Fsp3) is 0.364. The lowest BCUT2D eigenvalue weighted by Gasteiger charge is -2.51. The minimum atomic E-state index is -4.67. The smallest absolute Gasteiger partial charge is 0.394 e. The Morgan fingerprint density at radius 3 is 2.53 bits per heavy atom. The first-order chi connectivity index (χ1) is 15.3. The second kappa shape index (κ2) is 9.37. The van der Waals surface area contributed by atoms with Crippen molar-refractivity contribution in [3.63, 3.8) is 0 Å². The predicted molar refractivity (Wildman–Crippen MR) is 118 cm³/mol. The molecule has 3 fully saturated rings. The first-order valence-electron chi connectivity index (χ1n) is 10.4. The molecule has 10 heteroatoms. The number of hydrogen-bond acceptors (Lipinski definition) is 6. The Bertz CT molecular complexity index is 1130. The number of pyridine rings is 1. The second-order valence-electron chi connectivity index (χ2n) is 8.10. The molecule has 1 amide bonds. The van der Waals surface area contributed by atoms with E-state index in [1.807, 2.05) is 42.6 Å². The summed E-state index contributed by atoms with van der Waals surface area (Å²) in [7, 11) is -4.67. The highest BCUT2D eigenvalue weighted by molar-refractivity contribution is 7.79. The third-order valence-electron chi connectivity index (χ3n) is 6.08. The van der Waals surface area contributed by atoms with Crippen LogP contribution in [0.4, 0.5) is 0 Å². The van der Waals surface area contributed by atoms with Gasteiger partial charge in [0.15, 0.2) is 5.76 Å². The van der Waals surface area contributed by atoms with E-state index < -0.39 is 10.4 Å². The van der Waals surface area contributed by atoms with Crippen LogP contribution in [0.2, 0.25) is 0 Å². The van der Waals surface area contributed by atoms with Gasteiger partial charge >= 0.3 is 10.4 Å². The number of piperidine rings is 3. The molecular weight excluding hydrogens is 434 g/mol. The van der Waals surface area contributed by atoms with E-state index in [0.29, 0.717) is 17.7 Å². The third kappa shape index (κ3) is 5.52.